The van der Waals surface area contributed by atoms with Crippen LogP contribution in [0.2, 0.25) is 0 Å². The number of fused-ring (bicyclic) bond motifs is 1. The van der Waals surface area contributed by atoms with Crippen LogP contribution in [0.4, 0.5) is 0 Å². The second-order valence-corrected chi connectivity index (χ2v) is 4.13. The lowest BCUT2D eigenvalue weighted by atomic mass is 10.1. The Labute approximate surface area is 110 Å². The number of aromatic nitrogens is 4. The Hall–Kier alpha value is -2.56. The molecule has 0 atom stereocenters. The average molecular weight is 252 g/mol. The number of carbonyl (C=O) groups excluding carboxylic acids is 1. The molecule has 5 heteroatoms. The fourth-order valence-electron chi connectivity index (χ4n) is 2.01. The van der Waals surface area contributed by atoms with E-state index in [2.05, 4.69) is 15.0 Å². The van der Waals surface area contributed by atoms with E-state index in [0.717, 1.165) is 5.52 Å². The van der Waals surface area contributed by atoms with E-state index in [1.54, 1.807) is 43.0 Å². The second-order valence-electron chi connectivity index (χ2n) is 4.13. The minimum atomic E-state index is -0.0978. The normalized spacial score (nSPS) is 10.8. The number of rotatable bonds is 3. The monoisotopic (exact) mass is 252 g/mol. The van der Waals surface area contributed by atoms with E-state index in [1.165, 1.54) is 0 Å². The maximum Gasteiger partial charge on any atom is 0.228 e. The predicted octanol–water partition coefficient (Wildman–Crippen LogP) is 2.08. The maximum atomic E-state index is 12.4. The molecular formula is C14H12N4O. The Kier molecular flexibility index (Phi) is 2.79. The van der Waals surface area contributed by atoms with Gasteiger partial charge in [-0.15, -0.1) is 0 Å². The Morgan fingerprint density at radius 1 is 1.11 bits per heavy atom. The minimum absolute atomic E-state index is 0.0978. The first kappa shape index (κ1) is 11.5. The molecule has 2 aromatic heterocycles. The van der Waals surface area contributed by atoms with Crippen molar-refractivity contribution in [1.82, 2.24) is 19.5 Å². The van der Waals surface area contributed by atoms with Crippen LogP contribution in [-0.2, 0) is 6.54 Å². The molecule has 0 unspecified atom stereocenters. The first-order valence-corrected chi connectivity index (χ1v) is 6.06. The van der Waals surface area contributed by atoms with Crippen LogP contribution in [0.15, 0.2) is 43.0 Å². The van der Waals surface area contributed by atoms with Gasteiger partial charge in [-0.25, -0.2) is 4.98 Å². The molecule has 94 valence electrons. The van der Waals surface area contributed by atoms with Crippen molar-refractivity contribution in [3.63, 3.8) is 0 Å². The van der Waals surface area contributed by atoms with Crippen LogP contribution in [0.1, 0.15) is 23.1 Å². The molecule has 0 fully saturated rings. The van der Waals surface area contributed by atoms with Gasteiger partial charge in [-0.1, -0.05) is 0 Å². The van der Waals surface area contributed by atoms with E-state index in [-0.39, 0.29) is 5.78 Å². The predicted molar refractivity (Wildman–Crippen MR) is 70.9 cm³/mol. The van der Waals surface area contributed by atoms with Crippen molar-refractivity contribution in [2.45, 2.75) is 13.5 Å². The van der Waals surface area contributed by atoms with Crippen molar-refractivity contribution < 1.29 is 4.79 Å². The fraction of sp³-hybridized carbons (Fsp3) is 0.143. The number of benzene rings is 1. The summed E-state index contributed by atoms with van der Waals surface area (Å²) in [5.41, 5.74) is 2.06. The second kappa shape index (κ2) is 4.61. The van der Waals surface area contributed by atoms with Gasteiger partial charge >= 0.3 is 0 Å². The first-order valence-electron chi connectivity index (χ1n) is 6.06. The van der Waals surface area contributed by atoms with Crippen LogP contribution in [-0.4, -0.2) is 25.3 Å². The van der Waals surface area contributed by atoms with Gasteiger partial charge < -0.3 is 4.57 Å². The zero-order chi connectivity index (χ0) is 13.2. The SMILES string of the molecule is CCn1ccnc1C(=O)c1ccc2nccnc2c1. The summed E-state index contributed by atoms with van der Waals surface area (Å²) in [6.07, 6.45) is 6.68. The third kappa shape index (κ3) is 1.99. The van der Waals surface area contributed by atoms with E-state index in [1.807, 2.05) is 11.5 Å². The third-order valence-corrected chi connectivity index (χ3v) is 2.99. The van der Waals surface area contributed by atoms with E-state index in [4.69, 9.17) is 0 Å². The van der Waals surface area contributed by atoms with Crippen molar-refractivity contribution in [3.05, 3.63) is 54.4 Å². The van der Waals surface area contributed by atoms with Gasteiger partial charge in [0.05, 0.1) is 11.0 Å². The molecule has 3 rings (SSSR count). The molecule has 0 radical (unpaired) electrons. The maximum absolute atomic E-state index is 12.4. The Morgan fingerprint density at radius 2 is 1.89 bits per heavy atom. The van der Waals surface area contributed by atoms with E-state index >= 15 is 0 Å². The van der Waals surface area contributed by atoms with Crippen molar-refractivity contribution in [1.29, 1.82) is 0 Å². The lowest BCUT2D eigenvalue weighted by molar-refractivity contribution is 0.102. The molecule has 0 N–H and O–H groups in total. The number of hydrogen-bond donors (Lipinski definition) is 0. The summed E-state index contributed by atoms with van der Waals surface area (Å²) < 4.78 is 1.82. The smallest absolute Gasteiger partial charge is 0.228 e. The molecule has 0 aliphatic carbocycles. The number of imidazole rings is 1. The highest BCUT2D eigenvalue weighted by atomic mass is 16.1. The van der Waals surface area contributed by atoms with Gasteiger partial charge in [-0.05, 0) is 25.1 Å². The van der Waals surface area contributed by atoms with Crippen molar-refractivity contribution in [2.24, 2.45) is 0 Å². The van der Waals surface area contributed by atoms with Crippen molar-refractivity contribution in [3.8, 4) is 0 Å². The molecule has 5 nitrogen and oxygen atoms in total. The van der Waals surface area contributed by atoms with E-state index < -0.39 is 0 Å². The summed E-state index contributed by atoms with van der Waals surface area (Å²) in [4.78, 5) is 24.9. The molecule has 0 aliphatic rings. The number of carbonyl (C=O) groups is 1. The number of hydrogen-bond acceptors (Lipinski definition) is 4. The summed E-state index contributed by atoms with van der Waals surface area (Å²) in [6.45, 7) is 2.69. The molecule has 0 spiro atoms. The number of nitrogens with zero attached hydrogens (tertiary/aromatic N) is 4. The molecule has 3 aromatic rings. The third-order valence-electron chi connectivity index (χ3n) is 2.99. The van der Waals surface area contributed by atoms with Gasteiger partial charge in [-0.3, -0.25) is 14.8 Å². The highest BCUT2D eigenvalue weighted by Crippen LogP contribution is 2.14. The van der Waals surface area contributed by atoms with Gasteiger partial charge in [0.15, 0.2) is 5.82 Å². The van der Waals surface area contributed by atoms with Crippen LogP contribution in [0.5, 0.6) is 0 Å². The molecule has 0 amide bonds. The lowest BCUT2D eigenvalue weighted by Gasteiger charge is -2.04. The average Bonchev–Trinajstić information content (AvgIpc) is 2.94. The molecular weight excluding hydrogens is 240 g/mol. The summed E-state index contributed by atoms with van der Waals surface area (Å²) in [7, 11) is 0. The van der Waals surface area contributed by atoms with Crippen LogP contribution in [0.25, 0.3) is 11.0 Å². The van der Waals surface area contributed by atoms with E-state index in [0.29, 0.717) is 23.4 Å². The van der Waals surface area contributed by atoms with Gasteiger partial charge in [0.1, 0.15) is 0 Å². The van der Waals surface area contributed by atoms with Crippen LogP contribution in [0, 0.1) is 0 Å². The molecule has 19 heavy (non-hydrogen) atoms. The van der Waals surface area contributed by atoms with Crippen molar-refractivity contribution in [2.75, 3.05) is 0 Å². The van der Waals surface area contributed by atoms with Gasteiger partial charge in [0.2, 0.25) is 5.78 Å². The Balaban J connectivity index is 2.06. The molecule has 0 bridgehead atoms. The quantitative estimate of drug-likeness (QED) is 0.669. The zero-order valence-corrected chi connectivity index (χ0v) is 10.4. The number of ketones is 1. The van der Waals surface area contributed by atoms with Gasteiger partial charge in [-0.2, -0.15) is 0 Å². The highest BCUT2D eigenvalue weighted by Gasteiger charge is 2.15. The molecule has 0 aliphatic heterocycles. The summed E-state index contributed by atoms with van der Waals surface area (Å²) in [6, 6.07) is 5.31. The largest absolute Gasteiger partial charge is 0.328 e. The van der Waals surface area contributed by atoms with Gasteiger partial charge in [0, 0.05) is 36.9 Å². The minimum Gasteiger partial charge on any atom is -0.328 e. The van der Waals surface area contributed by atoms with Crippen LogP contribution < -0.4 is 0 Å². The Morgan fingerprint density at radius 3 is 2.68 bits per heavy atom. The highest BCUT2D eigenvalue weighted by molar-refractivity contribution is 6.08. The fourth-order valence-corrected chi connectivity index (χ4v) is 2.01. The summed E-state index contributed by atoms with van der Waals surface area (Å²) in [5, 5.41) is 0. The molecule has 0 saturated carbocycles. The van der Waals surface area contributed by atoms with Crippen molar-refractivity contribution >= 4 is 16.8 Å². The topological polar surface area (TPSA) is 60.7 Å². The standard InChI is InChI=1S/C14H12N4O/c1-2-18-8-7-17-14(18)13(19)10-3-4-11-12(9-10)16-6-5-15-11/h3-9H,2H2,1H3. The molecule has 0 saturated heterocycles. The summed E-state index contributed by atoms with van der Waals surface area (Å²) >= 11 is 0. The lowest BCUT2D eigenvalue weighted by Crippen LogP contribution is -2.10. The zero-order valence-electron chi connectivity index (χ0n) is 10.4. The van der Waals surface area contributed by atoms with Gasteiger partial charge in [0.25, 0.3) is 0 Å². The number of aryl methyl sites for hydroxylation is 1. The summed E-state index contributed by atoms with van der Waals surface area (Å²) in [5.74, 6) is 0.352. The van der Waals surface area contributed by atoms with Crippen LogP contribution in [0.3, 0.4) is 0 Å². The molecule has 1 aromatic carbocycles. The molecule has 2 heterocycles. The first-order chi connectivity index (χ1) is 9.29. The van der Waals surface area contributed by atoms with E-state index in [9.17, 15) is 4.79 Å². The van der Waals surface area contributed by atoms with Crippen LogP contribution >= 0.6 is 0 Å². The Bertz CT molecular complexity index is 748.